The number of carbonyl (C=O) groups excluding carboxylic acids is 2. The molecular formula is C31H35Cl2N3O5S. The van der Waals surface area contributed by atoms with Crippen LogP contribution in [0.4, 0.5) is 5.69 Å². The van der Waals surface area contributed by atoms with Gasteiger partial charge in [0, 0.05) is 22.6 Å². The van der Waals surface area contributed by atoms with E-state index in [1.165, 1.54) is 35.2 Å². The van der Waals surface area contributed by atoms with Gasteiger partial charge in [0.15, 0.2) is 0 Å². The van der Waals surface area contributed by atoms with Gasteiger partial charge in [0.05, 0.1) is 17.7 Å². The molecule has 4 rings (SSSR count). The van der Waals surface area contributed by atoms with Crippen LogP contribution in [0.3, 0.4) is 0 Å². The van der Waals surface area contributed by atoms with Gasteiger partial charge in [-0.3, -0.25) is 13.9 Å². The van der Waals surface area contributed by atoms with E-state index in [4.69, 9.17) is 27.9 Å². The molecule has 0 bridgehead atoms. The Morgan fingerprint density at radius 2 is 1.57 bits per heavy atom. The number of sulfonamides is 1. The molecule has 2 amide bonds. The number of hydrogen-bond acceptors (Lipinski definition) is 5. The summed E-state index contributed by atoms with van der Waals surface area (Å²) in [5.41, 5.74) is 1.77. The van der Waals surface area contributed by atoms with Crippen LogP contribution < -0.4 is 14.4 Å². The van der Waals surface area contributed by atoms with Crippen LogP contribution in [0.15, 0.2) is 71.6 Å². The molecule has 11 heteroatoms. The smallest absolute Gasteiger partial charge is 0.264 e. The average molecular weight is 633 g/mol. The van der Waals surface area contributed by atoms with Crippen LogP contribution in [0.2, 0.25) is 10.0 Å². The Hall–Kier alpha value is -3.27. The maximum Gasteiger partial charge on any atom is 0.264 e. The predicted octanol–water partition coefficient (Wildman–Crippen LogP) is 5.98. The lowest BCUT2D eigenvalue weighted by molar-refractivity contribution is -0.139. The second-order valence-corrected chi connectivity index (χ2v) is 13.2. The summed E-state index contributed by atoms with van der Waals surface area (Å²) in [7, 11) is -2.67. The number of rotatable bonds is 11. The van der Waals surface area contributed by atoms with Crippen LogP contribution in [0.25, 0.3) is 0 Å². The van der Waals surface area contributed by atoms with Gasteiger partial charge in [0.1, 0.15) is 18.3 Å². The molecule has 3 aromatic rings. The van der Waals surface area contributed by atoms with Crippen molar-refractivity contribution in [1.29, 1.82) is 0 Å². The van der Waals surface area contributed by atoms with E-state index in [1.54, 1.807) is 50.4 Å². The number of hydrogen-bond donors (Lipinski definition) is 1. The predicted molar refractivity (Wildman–Crippen MR) is 166 cm³/mol. The van der Waals surface area contributed by atoms with Crippen LogP contribution in [0, 0.1) is 6.92 Å². The lowest BCUT2D eigenvalue weighted by Crippen LogP contribution is -2.52. The van der Waals surface area contributed by atoms with Crippen molar-refractivity contribution in [2.45, 2.75) is 63.1 Å². The van der Waals surface area contributed by atoms with E-state index < -0.39 is 28.5 Å². The fourth-order valence-corrected chi connectivity index (χ4v) is 6.86. The van der Waals surface area contributed by atoms with Crippen molar-refractivity contribution in [3.63, 3.8) is 0 Å². The highest BCUT2D eigenvalue weighted by Gasteiger charge is 2.33. The molecule has 1 aliphatic rings. The van der Waals surface area contributed by atoms with E-state index in [9.17, 15) is 18.0 Å². The second kappa shape index (κ2) is 13.8. The van der Waals surface area contributed by atoms with Crippen molar-refractivity contribution in [3.8, 4) is 5.75 Å². The number of ether oxygens (including phenoxy) is 1. The maximum atomic E-state index is 14.1. The number of aryl methyl sites for hydroxylation is 1. The van der Waals surface area contributed by atoms with Crippen LogP contribution in [0.1, 0.15) is 43.7 Å². The highest BCUT2D eigenvalue weighted by Crippen LogP contribution is 2.30. The molecule has 1 aliphatic carbocycles. The first kappa shape index (κ1) is 31.7. The fourth-order valence-electron chi connectivity index (χ4n) is 4.95. The monoisotopic (exact) mass is 631 g/mol. The summed E-state index contributed by atoms with van der Waals surface area (Å²) in [4.78, 5) is 28.8. The average Bonchev–Trinajstić information content (AvgIpc) is 3.47. The van der Waals surface area contributed by atoms with E-state index in [1.807, 2.05) is 6.92 Å². The minimum atomic E-state index is -4.23. The van der Waals surface area contributed by atoms with Crippen molar-refractivity contribution in [2.24, 2.45) is 0 Å². The standard InChI is InChI=1S/C31H35Cl2N3O5S/c1-21-8-14-29(15-9-21)42(39,40)36(27-17-24(32)16-25(33)18-27)20-30(37)35(19-23-10-12-28(41-3)13-11-23)22(2)31(38)34-26-6-4-5-7-26/h8-18,22,26H,4-7,19-20H2,1-3H3,(H,34,38)/t22-/m0/s1. The van der Waals surface area contributed by atoms with Crippen molar-refractivity contribution in [1.82, 2.24) is 10.2 Å². The number of nitrogens with one attached hydrogen (secondary N) is 1. The third-order valence-corrected chi connectivity index (χ3v) is 9.63. The topological polar surface area (TPSA) is 96.0 Å². The first-order valence-corrected chi connectivity index (χ1v) is 16.0. The van der Waals surface area contributed by atoms with E-state index >= 15 is 0 Å². The summed E-state index contributed by atoms with van der Waals surface area (Å²) in [6.07, 6.45) is 3.87. The molecule has 8 nitrogen and oxygen atoms in total. The number of carbonyl (C=O) groups is 2. The normalized spacial score (nSPS) is 14.3. The molecule has 0 radical (unpaired) electrons. The molecule has 0 aliphatic heterocycles. The molecule has 0 aromatic heterocycles. The molecular weight excluding hydrogens is 597 g/mol. The summed E-state index contributed by atoms with van der Waals surface area (Å²) in [5, 5.41) is 3.49. The molecule has 1 atom stereocenters. The Balaban J connectivity index is 1.70. The molecule has 224 valence electrons. The van der Waals surface area contributed by atoms with E-state index in [-0.39, 0.29) is 39.1 Å². The fraction of sp³-hybridized carbons (Fsp3) is 0.355. The molecule has 42 heavy (non-hydrogen) atoms. The first-order valence-electron chi connectivity index (χ1n) is 13.8. The zero-order valence-electron chi connectivity index (χ0n) is 23.8. The minimum Gasteiger partial charge on any atom is -0.497 e. The zero-order chi connectivity index (χ0) is 30.4. The van der Waals surface area contributed by atoms with Crippen LogP contribution in [0.5, 0.6) is 5.75 Å². The molecule has 1 N–H and O–H groups in total. The van der Waals surface area contributed by atoms with Gasteiger partial charge in [-0.05, 0) is 74.7 Å². The van der Waals surface area contributed by atoms with E-state index in [0.717, 1.165) is 41.1 Å². The summed E-state index contributed by atoms with van der Waals surface area (Å²) >= 11 is 12.5. The summed E-state index contributed by atoms with van der Waals surface area (Å²) in [6.45, 7) is 3.01. The summed E-state index contributed by atoms with van der Waals surface area (Å²) in [6, 6.07) is 17.0. The van der Waals surface area contributed by atoms with E-state index in [0.29, 0.717) is 5.75 Å². The molecule has 1 saturated carbocycles. The minimum absolute atomic E-state index is 0.00530. The summed E-state index contributed by atoms with van der Waals surface area (Å²) in [5.74, 6) is -0.203. The molecule has 1 fully saturated rings. The van der Waals surface area contributed by atoms with Gasteiger partial charge in [0.25, 0.3) is 10.0 Å². The highest BCUT2D eigenvalue weighted by atomic mass is 35.5. The molecule has 0 saturated heterocycles. The third-order valence-electron chi connectivity index (χ3n) is 7.40. The SMILES string of the molecule is COc1ccc(CN(C(=O)CN(c2cc(Cl)cc(Cl)c2)S(=O)(=O)c2ccc(C)cc2)[C@@H](C)C(=O)NC2CCCC2)cc1. The Morgan fingerprint density at radius 1 is 0.976 bits per heavy atom. The van der Waals surface area contributed by atoms with Gasteiger partial charge in [-0.25, -0.2) is 8.42 Å². The van der Waals surface area contributed by atoms with Gasteiger partial charge in [-0.1, -0.05) is 65.9 Å². The Kier molecular flexibility index (Phi) is 10.4. The molecule has 0 unspecified atom stereocenters. The number of nitrogens with zero attached hydrogens (tertiary/aromatic N) is 2. The maximum absolute atomic E-state index is 14.1. The molecule has 3 aromatic carbocycles. The van der Waals surface area contributed by atoms with Crippen molar-refractivity contribution in [2.75, 3.05) is 18.0 Å². The van der Waals surface area contributed by atoms with Gasteiger partial charge in [0.2, 0.25) is 11.8 Å². The second-order valence-electron chi connectivity index (χ2n) is 10.5. The largest absolute Gasteiger partial charge is 0.497 e. The number of benzene rings is 3. The Morgan fingerprint density at radius 3 is 2.14 bits per heavy atom. The van der Waals surface area contributed by atoms with Crippen LogP contribution in [-0.2, 0) is 26.2 Å². The third kappa shape index (κ3) is 7.76. The van der Waals surface area contributed by atoms with Gasteiger partial charge < -0.3 is 15.0 Å². The van der Waals surface area contributed by atoms with Crippen LogP contribution >= 0.6 is 23.2 Å². The van der Waals surface area contributed by atoms with E-state index in [2.05, 4.69) is 5.32 Å². The quantitative estimate of drug-likeness (QED) is 0.281. The van der Waals surface area contributed by atoms with Crippen LogP contribution in [-0.4, -0.2) is 50.9 Å². The molecule has 0 spiro atoms. The van der Waals surface area contributed by atoms with Gasteiger partial charge in [-0.15, -0.1) is 0 Å². The lowest BCUT2D eigenvalue weighted by Gasteiger charge is -2.32. The molecule has 0 heterocycles. The van der Waals surface area contributed by atoms with Gasteiger partial charge >= 0.3 is 0 Å². The number of amides is 2. The number of anilines is 1. The van der Waals surface area contributed by atoms with Crippen molar-refractivity contribution in [3.05, 3.63) is 87.9 Å². The number of methoxy groups -OCH3 is 1. The Labute approximate surface area is 257 Å². The van der Waals surface area contributed by atoms with Gasteiger partial charge in [-0.2, -0.15) is 0 Å². The highest BCUT2D eigenvalue weighted by molar-refractivity contribution is 7.92. The zero-order valence-corrected chi connectivity index (χ0v) is 26.2. The van der Waals surface area contributed by atoms with Crippen molar-refractivity contribution >= 4 is 50.7 Å². The summed E-state index contributed by atoms with van der Waals surface area (Å²) < 4.78 is 34.2. The Bertz CT molecular complexity index is 1490. The van der Waals surface area contributed by atoms with Crippen molar-refractivity contribution < 1.29 is 22.7 Å². The lowest BCUT2D eigenvalue weighted by atomic mass is 10.1. The number of halogens is 2. The first-order chi connectivity index (χ1) is 20.0.